The number of imide groups is 1. The molecule has 0 unspecified atom stereocenters. The molecule has 3 amide bonds. The van der Waals surface area contributed by atoms with Crippen LogP contribution in [0.3, 0.4) is 0 Å². The van der Waals surface area contributed by atoms with Gasteiger partial charge in [-0.05, 0) is 24.6 Å². The van der Waals surface area contributed by atoms with Crippen LogP contribution in [0.15, 0.2) is 18.2 Å². The van der Waals surface area contributed by atoms with Crippen LogP contribution in [-0.4, -0.2) is 78.7 Å². The zero-order valence-corrected chi connectivity index (χ0v) is 14.9. The van der Waals surface area contributed by atoms with Crippen molar-refractivity contribution in [3.05, 3.63) is 23.8 Å². The number of piperazine rings is 1. The van der Waals surface area contributed by atoms with E-state index in [2.05, 4.69) is 21.2 Å². The van der Waals surface area contributed by atoms with E-state index in [1.165, 1.54) is 10.5 Å². The average Bonchev–Trinajstić information content (AvgIpc) is 3.29. The molecule has 0 aliphatic carbocycles. The summed E-state index contributed by atoms with van der Waals surface area (Å²) < 4.78 is 10.8. The van der Waals surface area contributed by atoms with Crippen molar-refractivity contribution in [2.45, 2.75) is 19.5 Å². The summed E-state index contributed by atoms with van der Waals surface area (Å²) in [5, 5.41) is 2.68. The molecule has 140 valence electrons. The molecule has 2 fully saturated rings. The number of urea groups is 1. The van der Waals surface area contributed by atoms with Gasteiger partial charge in [-0.1, -0.05) is 6.07 Å². The van der Waals surface area contributed by atoms with E-state index in [1.807, 2.05) is 19.1 Å². The first-order chi connectivity index (χ1) is 12.6. The summed E-state index contributed by atoms with van der Waals surface area (Å²) in [5.74, 6) is 1.50. The van der Waals surface area contributed by atoms with Crippen molar-refractivity contribution < 1.29 is 19.1 Å². The Bertz CT molecular complexity index is 702. The first-order valence-electron chi connectivity index (χ1n) is 9.06. The maximum atomic E-state index is 12.5. The Kier molecular flexibility index (Phi) is 4.69. The van der Waals surface area contributed by atoms with E-state index < -0.39 is 0 Å². The van der Waals surface area contributed by atoms with Crippen molar-refractivity contribution in [2.24, 2.45) is 0 Å². The number of carbonyl (C=O) groups is 2. The zero-order chi connectivity index (χ0) is 18.1. The van der Waals surface area contributed by atoms with Gasteiger partial charge < -0.3 is 14.8 Å². The zero-order valence-electron chi connectivity index (χ0n) is 14.9. The van der Waals surface area contributed by atoms with Gasteiger partial charge in [0.05, 0.1) is 6.04 Å². The number of nitrogens with zero attached hydrogens (tertiary/aromatic N) is 3. The van der Waals surface area contributed by atoms with Crippen LogP contribution in [-0.2, 0) is 11.3 Å². The Hall–Kier alpha value is -2.32. The normalized spacial score (nSPS) is 21.7. The summed E-state index contributed by atoms with van der Waals surface area (Å²) in [5.41, 5.74) is 1.19. The fourth-order valence-electron chi connectivity index (χ4n) is 3.67. The third-order valence-corrected chi connectivity index (χ3v) is 5.28. The number of fused-ring (bicyclic) bond motifs is 1. The Labute approximate surface area is 152 Å². The second kappa shape index (κ2) is 7.13. The molecule has 1 aromatic carbocycles. The largest absolute Gasteiger partial charge is 0.454 e. The van der Waals surface area contributed by atoms with Gasteiger partial charge in [-0.15, -0.1) is 0 Å². The van der Waals surface area contributed by atoms with Crippen LogP contribution < -0.4 is 14.8 Å². The molecule has 1 atom stereocenters. The van der Waals surface area contributed by atoms with Crippen molar-refractivity contribution in [3.63, 3.8) is 0 Å². The number of benzene rings is 1. The van der Waals surface area contributed by atoms with Gasteiger partial charge in [-0.25, -0.2) is 4.79 Å². The van der Waals surface area contributed by atoms with Crippen LogP contribution in [0.25, 0.3) is 0 Å². The van der Waals surface area contributed by atoms with Crippen LogP contribution >= 0.6 is 0 Å². The molecule has 0 spiro atoms. The summed E-state index contributed by atoms with van der Waals surface area (Å²) in [7, 11) is 0. The molecular weight excluding hydrogens is 336 g/mol. The molecule has 4 rings (SSSR count). The molecule has 3 heterocycles. The fourth-order valence-corrected chi connectivity index (χ4v) is 3.67. The molecule has 8 heteroatoms. The van der Waals surface area contributed by atoms with Gasteiger partial charge in [0.2, 0.25) is 12.7 Å². The highest BCUT2D eigenvalue weighted by molar-refractivity contribution is 5.98. The molecule has 1 aromatic rings. The first-order valence-corrected chi connectivity index (χ1v) is 9.06. The van der Waals surface area contributed by atoms with Crippen molar-refractivity contribution in [2.75, 3.05) is 46.1 Å². The Morgan fingerprint density at radius 1 is 1.15 bits per heavy atom. The lowest BCUT2D eigenvalue weighted by Crippen LogP contribution is -2.54. The fraction of sp³-hybridized carbons (Fsp3) is 0.556. The Morgan fingerprint density at radius 3 is 2.65 bits per heavy atom. The van der Waals surface area contributed by atoms with E-state index in [0.717, 1.165) is 44.2 Å². The lowest BCUT2D eigenvalue weighted by molar-refractivity contribution is -0.133. The highest BCUT2D eigenvalue weighted by atomic mass is 16.7. The smallest absolute Gasteiger partial charge is 0.324 e. The molecule has 0 saturated carbocycles. The topological polar surface area (TPSA) is 74.4 Å². The minimum atomic E-state index is -0.275. The summed E-state index contributed by atoms with van der Waals surface area (Å²) in [6, 6.07) is 5.51. The Morgan fingerprint density at radius 2 is 1.92 bits per heavy atom. The quantitative estimate of drug-likeness (QED) is 0.842. The van der Waals surface area contributed by atoms with Crippen LogP contribution in [0.4, 0.5) is 4.79 Å². The van der Waals surface area contributed by atoms with E-state index in [-0.39, 0.29) is 18.0 Å². The van der Waals surface area contributed by atoms with E-state index in [9.17, 15) is 9.59 Å². The van der Waals surface area contributed by atoms with Gasteiger partial charge in [-0.2, -0.15) is 0 Å². The summed E-state index contributed by atoms with van der Waals surface area (Å²) in [6.45, 7) is 7.43. The van der Waals surface area contributed by atoms with E-state index >= 15 is 0 Å². The van der Waals surface area contributed by atoms with Crippen molar-refractivity contribution in [1.82, 2.24) is 20.0 Å². The monoisotopic (exact) mass is 360 g/mol. The molecule has 0 aromatic heterocycles. The lowest BCUT2D eigenvalue weighted by atomic mass is 10.1. The van der Waals surface area contributed by atoms with E-state index in [1.54, 1.807) is 0 Å². The second-order valence-corrected chi connectivity index (χ2v) is 6.90. The van der Waals surface area contributed by atoms with E-state index in [0.29, 0.717) is 19.9 Å². The van der Waals surface area contributed by atoms with Crippen LogP contribution in [0.1, 0.15) is 12.5 Å². The predicted octanol–water partition coefficient (Wildman–Crippen LogP) is 0.473. The minimum absolute atomic E-state index is 0.107. The van der Waals surface area contributed by atoms with Crippen molar-refractivity contribution >= 4 is 11.9 Å². The molecule has 3 aliphatic rings. The maximum absolute atomic E-state index is 12.5. The minimum Gasteiger partial charge on any atom is -0.454 e. The van der Waals surface area contributed by atoms with Gasteiger partial charge in [-0.3, -0.25) is 19.5 Å². The number of carbonyl (C=O) groups excluding carboxylic acids is 2. The van der Waals surface area contributed by atoms with Crippen molar-refractivity contribution in [1.29, 1.82) is 0 Å². The maximum Gasteiger partial charge on any atom is 0.324 e. The highest BCUT2D eigenvalue weighted by Gasteiger charge is 2.33. The molecular formula is C18H24N4O4. The number of ether oxygens (including phenoxy) is 2. The summed E-state index contributed by atoms with van der Waals surface area (Å²) in [6.07, 6.45) is 0. The second-order valence-electron chi connectivity index (χ2n) is 6.90. The SMILES string of the molecule is C[C@H](C(=O)N1CCNC1=O)N1CCN(Cc2ccc3c(c2)OCO3)CC1. The highest BCUT2D eigenvalue weighted by Crippen LogP contribution is 2.32. The van der Waals surface area contributed by atoms with Gasteiger partial charge >= 0.3 is 6.03 Å². The molecule has 26 heavy (non-hydrogen) atoms. The number of nitrogens with one attached hydrogen (secondary N) is 1. The molecule has 8 nitrogen and oxygen atoms in total. The van der Waals surface area contributed by atoms with Gasteiger partial charge in [0.25, 0.3) is 0 Å². The van der Waals surface area contributed by atoms with E-state index in [4.69, 9.17) is 9.47 Å². The van der Waals surface area contributed by atoms with Gasteiger partial charge in [0.1, 0.15) is 0 Å². The summed E-state index contributed by atoms with van der Waals surface area (Å²) >= 11 is 0. The van der Waals surface area contributed by atoms with Crippen LogP contribution in [0.2, 0.25) is 0 Å². The first kappa shape index (κ1) is 17.1. The average molecular weight is 360 g/mol. The van der Waals surface area contributed by atoms with Gasteiger partial charge in [0, 0.05) is 45.8 Å². The number of hydrogen-bond acceptors (Lipinski definition) is 6. The lowest BCUT2D eigenvalue weighted by Gasteiger charge is -2.38. The molecule has 2 saturated heterocycles. The number of hydrogen-bond donors (Lipinski definition) is 1. The predicted molar refractivity (Wildman–Crippen MR) is 94.0 cm³/mol. The van der Waals surface area contributed by atoms with Crippen LogP contribution in [0.5, 0.6) is 11.5 Å². The standard InChI is InChI=1S/C18H24N4O4/c1-13(17(23)22-5-4-19-18(22)24)21-8-6-20(7-9-21)11-14-2-3-15-16(10-14)26-12-25-15/h2-3,10,13H,4-9,11-12H2,1H3,(H,19,24)/t13-/m1/s1. The molecule has 0 radical (unpaired) electrons. The molecule has 3 aliphatic heterocycles. The molecule has 0 bridgehead atoms. The number of rotatable bonds is 4. The third-order valence-electron chi connectivity index (χ3n) is 5.28. The van der Waals surface area contributed by atoms with Crippen molar-refractivity contribution in [3.8, 4) is 11.5 Å². The number of amides is 3. The van der Waals surface area contributed by atoms with Gasteiger partial charge in [0.15, 0.2) is 11.5 Å². The van der Waals surface area contributed by atoms with Crippen LogP contribution in [0, 0.1) is 0 Å². The molecule has 1 N–H and O–H groups in total. The Balaban J connectivity index is 1.29. The summed E-state index contributed by atoms with van der Waals surface area (Å²) in [4.78, 5) is 30.1. The third kappa shape index (κ3) is 3.34.